The summed E-state index contributed by atoms with van der Waals surface area (Å²) in [6, 6.07) is 20.1. The molecule has 0 spiro atoms. The first-order valence-corrected chi connectivity index (χ1v) is 9.54. The summed E-state index contributed by atoms with van der Waals surface area (Å²) in [5, 5.41) is 4.51. The van der Waals surface area contributed by atoms with E-state index in [2.05, 4.69) is 10.5 Å². The zero-order valence-corrected chi connectivity index (χ0v) is 17.1. The molecule has 0 saturated carbocycles. The predicted molar refractivity (Wildman–Crippen MR) is 116 cm³/mol. The number of amides is 1. The summed E-state index contributed by atoms with van der Waals surface area (Å²) in [6.45, 7) is -0.149. The Hall–Kier alpha value is -3.35. The van der Waals surface area contributed by atoms with Gasteiger partial charge >= 0.3 is 5.97 Å². The van der Waals surface area contributed by atoms with Crippen LogP contribution < -0.4 is 14.9 Å². The summed E-state index contributed by atoms with van der Waals surface area (Å²) in [4.78, 5) is 23.9. The molecule has 30 heavy (non-hydrogen) atoms. The summed E-state index contributed by atoms with van der Waals surface area (Å²) >= 11 is 11.8. The Morgan fingerprint density at radius 1 is 0.933 bits per heavy atom. The topological polar surface area (TPSA) is 77.0 Å². The summed E-state index contributed by atoms with van der Waals surface area (Å²) in [5.41, 5.74) is 3.29. The van der Waals surface area contributed by atoms with E-state index in [0.717, 1.165) is 0 Å². The Bertz CT molecular complexity index is 1050. The third kappa shape index (κ3) is 6.34. The van der Waals surface area contributed by atoms with Crippen molar-refractivity contribution in [2.24, 2.45) is 5.10 Å². The van der Waals surface area contributed by atoms with Crippen molar-refractivity contribution in [1.29, 1.82) is 0 Å². The number of carbonyl (C=O) groups excluding carboxylic acids is 2. The van der Waals surface area contributed by atoms with E-state index in [4.69, 9.17) is 32.7 Å². The lowest BCUT2D eigenvalue weighted by Gasteiger charge is -2.06. The standard InChI is InChI=1S/C22H16Cl2N2O4/c23-16-8-11-19(20(24)12-16)22(28)30-18-9-6-15(7-10-18)13-25-26-21(27)14-29-17-4-2-1-3-5-17/h1-13H,14H2,(H,26,27)/b25-13-. The molecular formula is C22H16Cl2N2O4. The lowest BCUT2D eigenvalue weighted by molar-refractivity contribution is -0.123. The quantitative estimate of drug-likeness (QED) is 0.248. The maximum atomic E-state index is 12.2. The van der Waals surface area contributed by atoms with Crippen LogP contribution in [0.25, 0.3) is 0 Å². The molecule has 0 unspecified atom stereocenters. The molecule has 0 heterocycles. The number of carbonyl (C=O) groups is 2. The number of hydrazone groups is 1. The molecule has 3 rings (SSSR count). The van der Waals surface area contributed by atoms with E-state index in [1.807, 2.05) is 18.2 Å². The van der Waals surface area contributed by atoms with E-state index in [1.54, 1.807) is 42.5 Å². The van der Waals surface area contributed by atoms with Crippen LogP contribution in [0, 0.1) is 0 Å². The van der Waals surface area contributed by atoms with Gasteiger partial charge in [-0.1, -0.05) is 41.4 Å². The molecule has 0 bridgehead atoms. The number of para-hydroxylation sites is 1. The highest BCUT2D eigenvalue weighted by Crippen LogP contribution is 2.23. The fourth-order valence-corrected chi connectivity index (χ4v) is 2.80. The average Bonchev–Trinajstić information content (AvgIpc) is 2.74. The van der Waals surface area contributed by atoms with Crippen molar-refractivity contribution >= 4 is 41.3 Å². The Morgan fingerprint density at radius 3 is 2.37 bits per heavy atom. The number of esters is 1. The third-order valence-electron chi connectivity index (χ3n) is 3.76. The second-order valence-corrected chi connectivity index (χ2v) is 6.82. The zero-order valence-electron chi connectivity index (χ0n) is 15.5. The van der Waals surface area contributed by atoms with Crippen molar-refractivity contribution in [2.75, 3.05) is 6.61 Å². The number of nitrogens with one attached hydrogen (secondary N) is 1. The molecular weight excluding hydrogens is 427 g/mol. The number of benzene rings is 3. The fraction of sp³-hybridized carbons (Fsp3) is 0.0455. The van der Waals surface area contributed by atoms with Gasteiger partial charge in [0.05, 0.1) is 16.8 Å². The van der Waals surface area contributed by atoms with E-state index < -0.39 is 5.97 Å². The predicted octanol–water partition coefficient (Wildman–Crippen LogP) is 4.74. The van der Waals surface area contributed by atoms with Crippen LogP contribution in [0.1, 0.15) is 15.9 Å². The van der Waals surface area contributed by atoms with Crippen LogP contribution in [-0.4, -0.2) is 24.7 Å². The monoisotopic (exact) mass is 442 g/mol. The van der Waals surface area contributed by atoms with Gasteiger partial charge < -0.3 is 9.47 Å². The summed E-state index contributed by atoms with van der Waals surface area (Å²) in [7, 11) is 0. The molecule has 0 atom stereocenters. The van der Waals surface area contributed by atoms with E-state index in [-0.39, 0.29) is 23.1 Å². The molecule has 8 heteroatoms. The van der Waals surface area contributed by atoms with Gasteiger partial charge in [-0.05, 0) is 60.2 Å². The van der Waals surface area contributed by atoms with Gasteiger partial charge in [0.15, 0.2) is 6.61 Å². The van der Waals surface area contributed by atoms with E-state index in [0.29, 0.717) is 22.1 Å². The summed E-state index contributed by atoms with van der Waals surface area (Å²) < 4.78 is 10.6. The van der Waals surface area contributed by atoms with Crippen LogP contribution in [0.5, 0.6) is 11.5 Å². The maximum absolute atomic E-state index is 12.2. The lowest BCUT2D eigenvalue weighted by atomic mass is 10.2. The molecule has 0 radical (unpaired) electrons. The van der Waals surface area contributed by atoms with E-state index in [9.17, 15) is 9.59 Å². The van der Waals surface area contributed by atoms with E-state index >= 15 is 0 Å². The molecule has 0 aliphatic rings. The van der Waals surface area contributed by atoms with Crippen LogP contribution >= 0.6 is 23.2 Å². The molecule has 6 nitrogen and oxygen atoms in total. The minimum atomic E-state index is -0.594. The molecule has 0 aliphatic heterocycles. The highest BCUT2D eigenvalue weighted by Gasteiger charge is 2.13. The summed E-state index contributed by atoms with van der Waals surface area (Å²) in [6.07, 6.45) is 1.46. The molecule has 1 N–H and O–H groups in total. The number of halogens is 2. The zero-order chi connectivity index (χ0) is 21.3. The first-order chi connectivity index (χ1) is 14.5. The Morgan fingerprint density at radius 2 is 1.67 bits per heavy atom. The highest BCUT2D eigenvalue weighted by molar-refractivity contribution is 6.36. The number of nitrogens with zero attached hydrogens (tertiary/aromatic N) is 1. The number of hydrogen-bond donors (Lipinski definition) is 1. The van der Waals surface area contributed by atoms with Gasteiger partial charge in [0.25, 0.3) is 5.91 Å². The van der Waals surface area contributed by atoms with Crippen LogP contribution in [0.15, 0.2) is 77.9 Å². The van der Waals surface area contributed by atoms with Crippen molar-refractivity contribution < 1.29 is 19.1 Å². The normalized spacial score (nSPS) is 10.6. The van der Waals surface area contributed by atoms with Gasteiger partial charge in [-0.2, -0.15) is 5.10 Å². The SMILES string of the molecule is O=C(COc1ccccc1)N/N=C\c1ccc(OC(=O)c2ccc(Cl)cc2Cl)cc1. The fourth-order valence-electron chi connectivity index (χ4n) is 2.32. The van der Waals surface area contributed by atoms with Crippen molar-refractivity contribution in [2.45, 2.75) is 0 Å². The minimum absolute atomic E-state index is 0.149. The van der Waals surface area contributed by atoms with Crippen LogP contribution in [-0.2, 0) is 4.79 Å². The minimum Gasteiger partial charge on any atom is -0.484 e. The van der Waals surface area contributed by atoms with Gasteiger partial charge in [-0.15, -0.1) is 0 Å². The van der Waals surface area contributed by atoms with Crippen LogP contribution in [0.2, 0.25) is 10.0 Å². The van der Waals surface area contributed by atoms with Crippen LogP contribution in [0.4, 0.5) is 0 Å². The van der Waals surface area contributed by atoms with Gasteiger partial charge in [0.1, 0.15) is 11.5 Å². The van der Waals surface area contributed by atoms with Crippen molar-refractivity contribution in [3.05, 3.63) is 94.0 Å². The number of rotatable bonds is 7. The second-order valence-electron chi connectivity index (χ2n) is 5.98. The molecule has 0 aromatic heterocycles. The molecule has 3 aromatic rings. The maximum Gasteiger partial charge on any atom is 0.345 e. The third-order valence-corrected chi connectivity index (χ3v) is 4.31. The van der Waals surface area contributed by atoms with Gasteiger partial charge in [0.2, 0.25) is 0 Å². The van der Waals surface area contributed by atoms with Gasteiger partial charge in [0, 0.05) is 5.02 Å². The second kappa shape index (κ2) is 10.4. The lowest BCUT2D eigenvalue weighted by Crippen LogP contribution is -2.24. The Balaban J connectivity index is 1.49. The Kier molecular flexibility index (Phi) is 7.43. The van der Waals surface area contributed by atoms with Crippen molar-refractivity contribution in [3.8, 4) is 11.5 Å². The van der Waals surface area contributed by atoms with Gasteiger partial charge in [-0.25, -0.2) is 10.2 Å². The molecule has 0 saturated heterocycles. The van der Waals surface area contributed by atoms with Crippen molar-refractivity contribution in [3.63, 3.8) is 0 Å². The van der Waals surface area contributed by atoms with E-state index in [1.165, 1.54) is 18.3 Å². The van der Waals surface area contributed by atoms with Crippen molar-refractivity contribution in [1.82, 2.24) is 5.43 Å². The molecule has 1 amide bonds. The smallest absolute Gasteiger partial charge is 0.345 e. The van der Waals surface area contributed by atoms with Crippen LogP contribution in [0.3, 0.4) is 0 Å². The average molecular weight is 443 g/mol. The largest absolute Gasteiger partial charge is 0.484 e. The molecule has 0 aliphatic carbocycles. The number of hydrogen-bond acceptors (Lipinski definition) is 5. The first kappa shape index (κ1) is 21.4. The highest BCUT2D eigenvalue weighted by atomic mass is 35.5. The molecule has 152 valence electrons. The number of ether oxygens (including phenoxy) is 2. The van der Waals surface area contributed by atoms with Gasteiger partial charge in [-0.3, -0.25) is 4.79 Å². The molecule has 0 fully saturated rings. The summed E-state index contributed by atoms with van der Waals surface area (Å²) in [5.74, 6) is -0.0469. The molecule has 3 aromatic carbocycles. The first-order valence-electron chi connectivity index (χ1n) is 8.78. The Labute approximate surface area is 183 Å².